The number of hydrogen-bond acceptors (Lipinski definition) is 5. The zero-order valence-corrected chi connectivity index (χ0v) is 13.6. The molecule has 1 aromatic rings. The van der Waals surface area contributed by atoms with Crippen molar-refractivity contribution in [3.8, 4) is 0 Å². The third kappa shape index (κ3) is 8.73. The first-order valence-electron chi connectivity index (χ1n) is 6.51. The van der Waals surface area contributed by atoms with Gasteiger partial charge in [0.1, 0.15) is 0 Å². The van der Waals surface area contributed by atoms with Gasteiger partial charge in [0.05, 0.1) is 29.7 Å². The number of aliphatic hydroxyl groups excluding tert-OH is 1. The smallest absolute Gasteiger partial charge is 0.0897 e. The second-order valence-electron chi connectivity index (χ2n) is 4.09. The normalized spacial score (nSPS) is 12.8. The van der Waals surface area contributed by atoms with E-state index in [0.29, 0.717) is 33.0 Å². The molecule has 1 rings (SSSR count). The first-order chi connectivity index (χ1) is 9.22. The highest BCUT2D eigenvalue weighted by atomic mass is 79.9. The SMILES string of the molecule is CCOCCOCC(O)CNCCc1ccc(Br)s1. The predicted octanol–water partition coefficient (Wildman–Crippen LogP) is 2.06. The molecule has 4 nitrogen and oxygen atoms in total. The van der Waals surface area contributed by atoms with Crippen LogP contribution in [0.2, 0.25) is 0 Å². The lowest BCUT2D eigenvalue weighted by molar-refractivity contribution is 0.00660. The van der Waals surface area contributed by atoms with Crippen molar-refractivity contribution in [2.45, 2.75) is 19.4 Å². The lowest BCUT2D eigenvalue weighted by Gasteiger charge is -2.12. The molecular weight excluding hydrogens is 330 g/mol. The minimum Gasteiger partial charge on any atom is -0.389 e. The van der Waals surface area contributed by atoms with Gasteiger partial charge in [0.15, 0.2) is 0 Å². The summed E-state index contributed by atoms with van der Waals surface area (Å²) in [6.07, 6.45) is 0.519. The minimum atomic E-state index is -0.461. The molecule has 1 heterocycles. The van der Waals surface area contributed by atoms with Crippen molar-refractivity contribution in [3.05, 3.63) is 20.8 Å². The standard InChI is InChI=1S/C13H22BrNO3S/c1-2-17-7-8-18-10-11(16)9-15-6-5-12-3-4-13(14)19-12/h3-4,11,15-16H,2,5-10H2,1H3. The fraction of sp³-hybridized carbons (Fsp3) is 0.692. The third-order valence-corrected chi connectivity index (χ3v) is 4.13. The van der Waals surface area contributed by atoms with Crippen LogP contribution in [0.15, 0.2) is 15.9 Å². The molecule has 0 aromatic carbocycles. The van der Waals surface area contributed by atoms with Crippen molar-refractivity contribution in [2.75, 3.05) is 39.5 Å². The highest BCUT2D eigenvalue weighted by molar-refractivity contribution is 9.11. The van der Waals surface area contributed by atoms with Crippen LogP contribution >= 0.6 is 27.3 Å². The van der Waals surface area contributed by atoms with Crippen LogP contribution in [-0.2, 0) is 15.9 Å². The zero-order valence-electron chi connectivity index (χ0n) is 11.2. The second-order valence-corrected chi connectivity index (χ2v) is 6.63. The number of ether oxygens (including phenoxy) is 2. The van der Waals surface area contributed by atoms with Gasteiger partial charge in [-0.2, -0.15) is 0 Å². The molecule has 0 spiro atoms. The summed E-state index contributed by atoms with van der Waals surface area (Å²) in [4.78, 5) is 1.34. The summed E-state index contributed by atoms with van der Waals surface area (Å²) < 4.78 is 11.6. The van der Waals surface area contributed by atoms with Crippen LogP contribution in [0.5, 0.6) is 0 Å². The van der Waals surface area contributed by atoms with Gasteiger partial charge in [-0.1, -0.05) is 0 Å². The van der Waals surface area contributed by atoms with Crippen molar-refractivity contribution in [1.82, 2.24) is 5.32 Å². The Hall–Kier alpha value is 0.0200. The lowest BCUT2D eigenvalue weighted by Crippen LogP contribution is -2.31. The van der Waals surface area contributed by atoms with Crippen LogP contribution in [-0.4, -0.2) is 50.7 Å². The zero-order chi connectivity index (χ0) is 13.9. The van der Waals surface area contributed by atoms with Gasteiger partial charge in [0.2, 0.25) is 0 Å². The summed E-state index contributed by atoms with van der Waals surface area (Å²) >= 11 is 5.19. The summed E-state index contributed by atoms with van der Waals surface area (Å²) in [5.41, 5.74) is 0. The van der Waals surface area contributed by atoms with Crippen molar-refractivity contribution in [2.24, 2.45) is 0 Å². The Labute approximate surface area is 127 Å². The highest BCUT2D eigenvalue weighted by Gasteiger charge is 2.04. The van der Waals surface area contributed by atoms with Crippen LogP contribution in [0.1, 0.15) is 11.8 Å². The summed E-state index contributed by atoms with van der Waals surface area (Å²) in [6.45, 7) is 5.55. The minimum absolute atomic E-state index is 0.352. The molecule has 110 valence electrons. The van der Waals surface area contributed by atoms with E-state index in [1.807, 2.05) is 6.92 Å². The van der Waals surface area contributed by atoms with Gasteiger partial charge >= 0.3 is 0 Å². The van der Waals surface area contributed by atoms with Crippen LogP contribution in [0.3, 0.4) is 0 Å². The summed E-state index contributed by atoms with van der Waals surface area (Å²) in [5, 5.41) is 12.9. The number of aliphatic hydroxyl groups is 1. The first kappa shape index (κ1) is 17.1. The molecule has 0 aliphatic heterocycles. The molecule has 0 aliphatic carbocycles. The average molecular weight is 352 g/mol. The Morgan fingerprint density at radius 2 is 2.16 bits per heavy atom. The van der Waals surface area contributed by atoms with E-state index in [0.717, 1.165) is 16.8 Å². The molecule has 2 N–H and O–H groups in total. The molecule has 0 fully saturated rings. The Kier molecular flexibility index (Phi) is 9.67. The maximum Gasteiger partial charge on any atom is 0.0897 e. The molecule has 0 saturated carbocycles. The second kappa shape index (κ2) is 10.8. The number of rotatable bonds is 11. The van der Waals surface area contributed by atoms with E-state index < -0.39 is 6.10 Å². The van der Waals surface area contributed by atoms with Gasteiger partial charge < -0.3 is 19.9 Å². The topological polar surface area (TPSA) is 50.7 Å². The molecule has 0 amide bonds. The largest absolute Gasteiger partial charge is 0.389 e. The van der Waals surface area contributed by atoms with E-state index >= 15 is 0 Å². The Balaban J connectivity index is 1.93. The molecule has 1 unspecified atom stereocenters. The Bertz CT molecular complexity index is 335. The molecule has 0 saturated heterocycles. The number of thiophene rings is 1. The van der Waals surface area contributed by atoms with Gasteiger partial charge in [-0.15, -0.1) is 11.3 Å². The van der Waals surface area contributed by atoms with E-state index in [1.54, 1.807) is 11.3 Å². The fourth-order valence-electron chi connectivity index (χ4n) is 1.51. The van der Waals surface area contributed by atoms with Gasteiger partial charge in [0.25, 0.3) is 0 Å². The van der Waals surface area contributed by atoms with Gasteiger partial charge in [-0.3, -0.25) is 0 Å². The number of hydrogen-bond donors (Lipinski definition) is 2. The van der Waals surface area contributed by atoms with Crippen LogP contribution in [0, 0.1) is 0 Å². The van der Waals surface area contributed by atoms with Gasteiger partial charge in [-0.05, 0) is 41.4 Å². The number of halogens is 1. The maximum atomic E-state index is 9.67. The molecule has 0 radical (unpaired) electrons. The number of nitrogens with one attached hydrogen (secondary N) is 1. The molecule has 1 atom stereocenters. The predicted molar refractivity (Wildman–Crippen MR) is 81.9 cm³/mol. The van der Waals surface area contributed by atoms with Crippen LogP contribution < -0.4 is 5.32 Å². The highest BCUT2D eigenvalue weighted by Crippen LogP contribution is 2.21. The molecule has 0 bridgehead atoms. The van der Waals surface area contributed by atoms with E-state index in [4.69, 9.17) is 9.47 Å². The van der Waals surface area contributed by atoms with E-state index in [2.05, 4.69) is 33.4 Å². The molecular formula is C13H22BrNO3S. The summed E-state index contributed by atoms with van der Waals surface area (Å²) in [7, 11) is 0. The lowest BCUT2D eigenvalue weighted by atomic mass is 10.3. The maximum absolute atomic E-state index is 9.67. The summed E-state index contributed by atoms with van der Waals surface area (Å²) in [5.74, 6) is 0. The fourth-order valence-corrected chi connectivity index (χ4v) is 2.99. The molecule has 19 heavy (non-hydrogen) atoms. The van der Waals surface area contributed by atoms with Gasteiger partial charge in [0, 0.05) is 24.6 Å². The van der Waals surface area contributed by atoms with E-state index in [-0.39, 0.29) is 0 Å². The monoisotopic (exact) mass is 351 g/mol. The van der Waals surface area contributed by atoms with Crippen molar-refractivity contribution < 1.29 is 14.6 Å². The van der Waals surface area contributed by atoms with Crippen molar-refractivity contribution in [3.63, 3.8) is 0 Å². The van der Waals surface area contributed by atoms with Gasteiger partial charge in [-0.25, -0.2) is 0 Å². The van der Waals surface area contributed by atoms with Crippen molar-refractivity contribution in [1.29, 1.82) is 0 Å². The first-order valence-corrected chi connectivity index (χ1v) is 8.11. The molecule has 0 aliphatic rings. The van der Waals surface area contributed by atoms with E-state index in [9.17, 15) is 5.11 Å². The average Bonchev–Trinajstić information content (AvgIpc) is 2.80. The van der Waals surface area contributed by atoms with Crippen LogP contribution in [0.4, 0.5) is 0 Å². The molecule has 1 aromatic heterocycles. The Morgan fingerprint density at radius 1 is 1.37 bits per heavy atom. The van der Waals surface area contributed by atoms with Crippen molar-refractivity contribution >= 4 is 27.3 Å². The summed E-state index contributed by atoms with van der Waals surface area (Å²) in [6, 6.07) is 4.17. The third-order valence-electron chi connectivity index (χ3n) is 2.44. The van der Waals surface area contributed by atoms with E-state index in [1.165, 1.54) is 4.88 Å². The quantitative estimate of drug-likeness (QED) is 0.599. The Morgan fingerprint density at radius 3 is 2.84 bits per heavy atom. The van der Waals surface area contributed by atoms with Crippen LogP contribution in [0.25, 0.3) is 0 Å². The molecule has 6 heteroatoms.